The standard InChI is InChI=1S/C22H26N2O4/c1-14(25)18-12-19(22(18,2)3)21(26)24-13-15-9-10-23-20(11-15)28-17-7-5-16(27-4)6-8-17/h5-11,18-19H,12-13H2,1-4H3,(H,24,26)/t18-,19+/m0/s1. The number of ketones is 1. The Kier molecular flexibility index (Phi) is 5.68. The van der Waals surface area contributed by atoms with Gasteiger partial charge in [-0.25, -0.2) is 4.98 Å². The van der Waals surface area contributed by atoms with Gasteiger partial charge in [-0.2, -0.15) is 0 Å². The summed E-state index contributed by atoms with van der Waals surface area (Å²) < 4.78 is 10.9. The molecule has 0 aliphatic heterocycles. The molecular weight excluding hydrogens is 356 g/mol. The van der Waals surface area contributed by atoms with Gasteiger partial charge in [0, 0.05) is 30.6 Å². The molecule has 0 saturated heterocycles. The molecule has 2 aromatic rings. The van der Waals surface area contributed by atoms with Crippen molar-refractivity contribution in [2.45, 2.75) is 33.7 Å². The van der Waals surface area contributed by atoms with Crippen LogP contribution < -0.4 is 14.8 Å². The molecule has 1 aromatic heterocycles. The van der Waals surface area contributed by atoms with Crippen LogP contribution in [0.1, 0.15) is 32.8 Å². The number of rotatable bonds is 7. The van der Waals surface area contributed by atoms with Crippen LogP contribution in [0.5, 0.6) is 17.4 Å². The Morgan fingerprint density at radius 2 is 1.82 bits per heavy atom. The average Bonchev–Trinajstić information content (AvgIpc) is 2.66. The van der Waals surface area contributed by atoms with Crippen LogP contribution in [0.15, 0.2) is 42.6 Å². The quantitative estimate of drug-likeness (QED) is 0.789. The molecule has 6 nitrogen and oxygen atoms in total. The van der Waals surface area contributed by atoms with E-state index in [0.29, 0.717) is 24.6 Å². The maximum absolute atomic E-state index is 12.5. The van der Waals surface area contributed by atoms with E-state index in [4.69, 9.17) is 9.47 Å². The van der Waals surface area contributed by atoms with Gasteiger partial charge in [-0.1, -0.05) is 13.8 Å². The number of ether oxygens (including phenoxy) is 2. The first-order valence-electron chi connectivity index (χ1n) is 9.36. The normalized spacial score (nSPS) is 20.0. The van der Waals surface area contributed by atoms with E-state index in [2.05, 4.69) is 10.3 Å². The largest absolute Gasteiger partial charge is 0.497 e. The zero-order chi connectivity index (χ0) is 20.3. The predicted octanol–water partition coefficient (Wildman–Crippen LogP) is 3.75. The summed E-state index contributed by atoms with van der Waals surface area (Å²) in [6.45, 7) is 5.96. The Morgan fingerprint density at radius 3 is 2.43 bits per heavy atom. The number of benzene rings is 1. The third kappa shape index (κ3) is 4.16. The molecule has 0 radical (unpaired) electrons. The molecule has 3 rings (SSSR count). The van der Waals surface area contributed by atoms with E-state index in [0.717, 1.165) is 11.3 Å². The number of hydrogen-bond donors (Lipinski definition) is 1. The maximum atomic E-state index is 12.5. The second-order valence-electron chi connectivity index (χ2n) is 7.77. The Labute approximate surface area is 165 Å². The van der Waals surface area contributed by atoms with Crippen LogP contribution in [-0.2, 0) is 16.1 Å². The molecule has 1 amide bonds. The summed E-state index contributed by atoms with van der Waals surface area (Å²) in [6.07, 6.45) is 2.27. The van der Waals surface area contributed by atoms with Crippen LogP contribution in [0.4, 0.5) is 0 Å². The van der Waals surface area contributed by atoms with Crippen LogP contribution in [0.2, 0.25) is 0 Å². The third-order valence-electron chi connectivity index (χ3n) is 5.62. The zero-order valence-electron chi connectivity index (χ0n) is 16.7. The van der Waals surface area contributed by atoms with Gasteiger partial charge < -0.3 is 14.8 Å². The lowest BCUT2D eigenvalue weighted by atomic mass is 9.53. The summed E-state index contributed by atoms with van der Waals surface area (Å²) in [5.74, 6) is 1.83. The number of carbonyl (C=O) groups is 2. The van der Waals surface area contributed by atoms with E-state index in [1.807, 2.05) is 32.0 Å². The van der Waals surface area contributed by atoms with Crippen molar-refractivity contribution in [1.29, 1.82) is 0 Å². The Hall–Kier alpha value is -2.89. The Bertz CT molecular complexity index is 861. The molecule has 1 aliphatic carbocycles. The fraction of sp³-hybridized carbons (Fsp3) is 0.409. The Morgan fingerprint density at radius 1 is 1.14 bits per heavy atom. The molecule has 1 saturated carbocycles. The second-order valence-corrected chi connectivity index (χ2v) is 7.77. The van der Waals surface area contributed by atoms with E-state index in [9.17, 15) is 9.59 Å². The van der Waals surface area contributed by atoms with Crippen LogP contribution in [0.3, 0.4) is 0 Å². The first-order valence-corrected chi connectivity index (χ1v) is 9.36. The molecule has 2 atom stereocenters. The van der Waals surface area contributed by atoms with Crippen molar-refractivity contribution in [3.63, 3.8) is 0 Å². The highest BCUT2D eigenvalue weighted by Gasteiger charge is 2.53. The van der Waals surface area contributed by atoms with Gasteiger partial charge in [0.25, 0.3) is 0 Å². The summed E-state index contributed by atoms with van der Waals surface area (Å²) in [4.78, 5) is 28.4. The number of nitrogens with zero attached hydrogens (tertiary/aromatic N) is 1. The van der Waals surface area contributed by atoms with Gasteiger partial charge in [0.2, 0.25) is 11.8 Å². The van der Waals surface area contributed by atoms with Crippen molar-refractivity contribution in [2.24, 2.45) is 17.3 Å². The topological polar surface area (TPSA) is 77.5 Å². The number of hydrogen-bond acceptors (Lipinski definition) is 5. The first kappa shape index (κ1) is 19.9. The molecule has 1 N–H and O–H groups in total. The van der Waals surface area contributed by atoms with Gasteiger partial charge in [-0.05, 0) is 54.7 Å². The van der Waals surface area contributed by atoms with Crippen LogP contribution >= 0.6 is 0 Å². The third-order valence-corrected chi connectivity index (χ3v) is 5.62. The monoisotopic (exact) mass is 382 g/mol. The van der Waals surface area contributed by atoms with Gasteiger partial charge in [-0.3, -0.25) is 9.59 Å². The lowest BCUT2D eigenvalue weighted by molar-refractivity contribution is -0.148. The van der Waals surface area contributed by atoms with Gasteiger partial charge in [-0.15, -0.1) is 0 Å². The van der Waals surface area contributed by atoms with Crippen LogP contribution in [0, 0.1) is 17.3 Å². The van der Waals surface area contributed by atoms with E-state index >= 15 is 0 Å². The molecule has 28 heavy (non-hydrogen) atoms. The molecule has 1 aromatic carbocycles. The summed E-state index contributed by atoms with van der Waals surface area (Å²) in [5.41, 5.74) is 0.601. The molecule has 0 bridgehead atoms. The molecule has 1 heterocycles. The Balaban J connectivity index is 1.57. The fourth-order valence-electron chi connectivity index (χ4n) is 3.75. The molecule has 1 fully saturated rings. The second kappa shape index (κ2) is 8.00. The minimum absolute atomic E-state index is 0.0167. The van der Waals surface area contributed by atoms with Crippen LogP contribution in [-0.4, -0.2) is 23.8 Å². The van der Waals surface area contributed by atoms with E-state index in [1.165, 1.54) is 0 Å². The summed E-state index contributed by atoms with van der Waals surface area (Å²) in [6, 6.07) is 10.9. The number of pyridine rings is 1. The highest BCUT2D eigenvalue weighted by Crippen LogP contribution is 2.51. The number of Topliss-reactive ketones (excluding diaryl/α,β-unsaturated/α-hetero) is 1. The molecular formula is C22H26N2O4. The highest BCUT2D eigenvalue weighted by atomic mass is 16.5. The van der Waals surface area contributed by atoms with Gasteiger partial charge in [0.1, 0.15) is 17.3 Å². The lowest BCUT2D eigenvalue weighted by Gasteiger charge is -2.49. The predicted molar refractivity (Wildman–Crippen MR) is 105 cm³/mol. The van der Waals surface area contributed by atoms with Crippen molar-refractivity contribution >= 4 is 11.7 Å². The van der Waals surface area contributed by atoms with Crippen molar-refractivity contribution in [2.75, 3.05) is 7.11 Å². The maximum Gasteiger partial charge on any atom is 0.223 e. The van der Waals surface area contributed by atoms with E-state index in [-0.39, 0.29) is 28.9 Å². The van der Waals surface area contributed by atoms with E-state index < -0.39 is 0 Å². The van der Waals surface area contributed by atoms with E-state index in [1.54, 1.807) is 38.4 Å². The smallest absolute Gasteiger partial charge is 0.223 e. The zero-order valence-corrected chi connectivity index (χ0v) is 16.7. The summed E-state index contributed by atoms with van der Waals surface area (Å²) >= 11 is 0. The molecule has 1 aliphatic rings. The van der Waals surface area contributed by atoms with Crippen molar-refractivity contribution < 1.29 is 19.1 Å². The minimum atomic E-state index is -0.295. The lowest BCUT2D eigenvalue weighted by Crippen LogP contribution is -2.54. The molecule has 6 heteroatoms. The highest BCUT2D eigenvalue weighted by molar-refractivity contribution is 5.87. The number of nitrogens with one attached hydrogen (secondary N) is 1. The van der Waals surface area contributed by atoms with Crippen molar-refractivity contribution in [3.8, 4) is 17.4 Å². The van der Waals surface area contributed by atoms with Gasteiger partial charge in [0.15, 0.2) is 0 Å². The van der Waals surface area contributed by atoms with Gasteiger partial charge >= 0.3 is 0 Å². The molecule has 0 unspecified atom stereocenters. The fourth-order valence-corrected chi connectivity index (χ4v) is 3.75. The number of carbonyl (C=O) groups excluding carboxylic acids is 2. The molecule has 148 valence electrons. The minimum Gasteiger partial charge on any atom is -0.497 e. The van der Waals surface area contributed by atoms with Gasteiger partial charge in [0.05, 0.1) is 7.11 Å². The van der Waals surface area contributed by atoms with Crippen LogP contribution in [0.25, 0.3) is 0 Å². The van der Waals surface area contributed by atoms with Crippen molar-refractivity contribution in [1.82, 2.24) is 10.3 Å². The summed E-state index contributed by atoms with van der Waals surface area (Å²) in [7, 11) is 1.61. The number of methoxy groups -OCH3 is 1. The number of amides is 1. The number of aromatic nitrogens is 1. The summed E-state index contributed by atoms with van der Waals surface area (Å²) in [5, 5.41) is 2.97. The molecule has 0 spiro atoms. The van der Waals surface area contributed by atoms with Crippen molar-refractivity contribution in [3.05, 3.63) is 48.2 Å². The first-order chi connectivity index (χ1) is 13.3. The SMILES string of the molecule is COc1ccc(Oc2cc(CNC(=O)[C@H]3C[C@@H](C(C)=O)C3(C)C)ccn2)cc1. The average molecular weight is 382 g/mol.